The van der Waals surface area contributed by atoms with Crippen LogP contribution in [-0.4, -0.2) is 84.9 Å². The van der Waals surface area contributed by atoms with E-state index < -0.39 is 5.79 Å². The molecule has 0 bridgehead atoms. The number of carbonyl (C=O) groups excluding carboxylic acids is 2. The summed E-state index contributed by atoms with van der Waals surface area (Å²) in [6.45, 7) is 6.80. The van der Waals surface area contributed by atoms with Gasteiger partial charge in [-0.1, -0.05) is 0 Å². The maximum absolute atomic E-state index is 12.9. The van der Waals surface area contributed by atoms with Gasteiger partial charge in [0.2, 0.25) is 5.91 Å². The number of pyridine rings is 1. The fraction of sp³-hybridized carbons (Fsp3) is 0.632. The van der Waals surface area contributed by atoms with Gasteiger partial charge in [0.15, 0.2) is 5.79 Å². The zero-order valence-corrected chi connectivity index (χ0v) is 15.7. The fourth-order valence-electron chi connectivity index (χ4n) is 3.99. The van der Waals surface area contributed by atoms with Gasteiger partial charge >= 0.3 is 0 Å². The van der Waals surface area contributed by atoms with Crippen LogP contribution in [0.25, 0.3) is 0 Å². The molecule has 3 aliphatic heterocycles. The van der Waals surface area contributed by atoms with Crippen LogP contribution in [0.15, 0.2) is 18.3 Å². The zero-order chi connectivity index (χ0) is 18.9. The van der Waals surface area contributed by atoms with Gasteiger partial charge < -0.3 is 24.2 Å². The third-order valence-corrected chi connectivity index (χ3v) is 5.67. The number of piperidine rings is 1. The number of rotatable bonds is 2. The Balaban J connectivity index is 1.39. The maximum Gasteiger partial charge on any atom is 0.254 e. The summed E-state index contributed by atoms with van der Waals surface area (Å²) in [5, 5.41) is 0. The number of carbonyl (C=O) groups is 2. The molecule has 1 aromatic rings. The van der Waals surface area contributed by atoms with Crippen LogP contribution in [0.4, 0.5) is 5.82 Å². The minimum absolute atomic E-state index is 0.00205. The molecule has 0 saturated carbocycles. The van der Waals surface area contributed by atoms with E-state index in [0.717, 1.165) is 31.7 Å². The number of nitrogens with zero attached hydrogens (tertiary/aromatic N) is 4. The third kappa shape index (κ3) is 3.77. The van der Waals surface area contributed by atoms with Crippen molar-refractivity contribution < 1.29 is 19.1 Å². The van der Waals surface area contributed by atoms with Crippen molar-refractivity contribution in [3.63, 3.8) is 0 Å². The third-order valence-electron chi connectivity index (χ3n) is 5.67. The molecule has 4 heterocycles. The molecule has 0 atom stereocenters. The molecule has 2 amide bonds. The number of piperazine rings is 1. The molecule has 27 heavy (non-hydrogen) atoms. The zero-order valence-electron chi connectivity index (χ0n) is 15.7. The molecule has 1 aromatic heterocycles. The highest BCUT2D eigenvalue weighted by molar-refractivity contribution is 5.95. The van der Waals surface area contributed by atoms with Gasteiger partial charge in [-0.25, -0.2) is 4.98 Å². The Labute approximate surface area is 159 Å². The summed E-state index contributed by atoms with van der Waals surface area (Å²) in [5.41, 5.74) is 0.643. The standard InChI is InChI=1S/C19H26N4O4/c1-15(24)21-8-10-23(11-9-21)18(25)16-2-5-20-17(14-16)22-6-3-19(4-7-22)26-12-13-27-19/h2,5,14H,3-4,6-13H2,1H3. The lowest BCUT2D eigenvalue weighted by Gasteiger charge is -2.38. The van der Waals surface area contributed by atoms with E-state index in [1.54, 1.807) is 24.1 Å². The normalized spacial score (nSPS) is 22.3. The van der Waals surface area contributed by atoms with Gasteiger partial charge in [0.05, 0.1) is 13.2 Å². The lowest BCUT2D eigenvalue weighted by Crippen LogP contribution is -2.50. The summed E-state index contributed by atoms with van der Waals surface area (Å²) in [4.78, 5) is 34.5. The van der Waals surface area contributed by atoms with Crippen molar-refractivity contribution in [3.05, 3.63) is 23.9 Å². The van der Waals surface area contributed by atoms with Gasteiger partial charge in [0, 0.05) is 70.8 Å². The maximum atomic E-state index is 12.9. The van der Waals surface area contributed by atoms with E-state index in [0.29, 0.717) is 45.0 Å². The first-order valence-corrected chi connectivity index (χ1v) is 9.60. The van der Waals surface area contributed by atoms with Crippen LogP contribution < -0.4 is 4.90 Å². The van der Waals surface area contributed by atoms with Crippen molar-refractivity contribution in [2.24, 2.45) is 0 Å². The number of ether oxygens (including phenoxy) is 2. The summed E-state index contributed by atoms with van der Waals surface area (Å²) in [6, 6.07) is 3.63. The number of aromatic nitrogens is 1. The lowest BCUT2D eigenvalue weighted by atomic mass is 10.0. The molecule has 0 aliphatic carbocycles. The van der Waals surface area contributed by atoms with Crippen LogP contribution in [0.5, 0.6) is 0 Å². The minimum Gasteiger partial charge on any atom is -0.356 e. The van der Waals surface area contributed by atoms with E-state index in [1.165, 1.54) is 0 Å². The van der Waals surface area contributed by atoms with Crippen LogP contribution in [0.3, 0.4) is 0 Å². The molecule has 3 aliphatic rings. The van der Waals surface area contributed by atoms with Crippen LogP contribution in [0.1, 0.15) is 30.1 Å². The molecule has 8 heteroatoms. The summed E-state index contributed by atoms with van der Waals surface area (Å²) >= 11 is 0. The van der Waals surface area contributed by atoms with Crippen LogP contribution in [0, 0.1) is 0 Å². The Bertz CT molecular complexity index is 701. The van der Waals surface area contributed by atoms with Crippen molar-refractivity contribution in [2.45, 2.75) is 25.6 Å². The topological polar surface area (TPSA) is 75.2 Å². The molecular weight excluding hydrogens is 348 g/mol. The average molecular weight is 374 g/mol. The summed E-state index contributed by atoms with van der Waals surface area (Å²) in [5.74, 6) is 0.459. The van der Waals surface area contributed by atoms with Crippen molar-refractivity contribution in [1.29, 1.82) is 0 Å². The Morgan fingerprint density at radius 1 is 1.00 bits per heavy atom. The first-order valence-electron chi connectivity index (χ1n) is 9.60. The monoisotopic (exact) mass is 374 g/mol. The smallest absolute Gasteiger partial charge is 0.254 e. The number of amides is 2. The van der Waals surface area contributed by atoms with Crippen molar-refractivity contribution in [3.8, 4) is 0 Å². The lowest BCUT2D eigenvalue weighted by molar-refractivity contribution is -0.169. The average Bonchev–Trinajstić information content (AvgIpc) is 3.16. The molecule has 0 radical (unpaired) electrons. The Morgan fingerprint density at radius 3 is 2.26 bits per heavy atom. The van der Waals surface area contributed by atoms with Crippen molar-refractivity contribution in [1.82, 2.24) is 14.8 Å². The van der Waals surface area contributed by atoms with Gasteiger partial charge in [-0.2, -0.15) is 0 Å². The highest BCUT2D eigenvalue weighted by atomic mass is 16.7. The van der Waals surface area contributed by atoms with E-state index in [4.69, 9.17) is 9.47 Å². The van der Waals surface area contributed by atoms with Gasteiger partial charge in [0.1, 0.15) is 5.82 Å². The minimum atomic E-state index is -0.416. The second kappa shape index (κ2) is 7.44. The molecule has 0 unspecified atom stereocenters. The van der Waals surface area contributed by atoms with Crippen molar-refractivity contribution in [2.75, 3.05) is 57.4 Å². The molecule has 146 valence electrons. The van der Waals surface area contributed by atoms with Gasteiger partial charge in [-0.15, -0.1) is 0 Å². The molecule has 3 fully saturated rings. The van der Waals surface area contributed by atoms with E-state index in [2.05, 4.69) is 9.88 Å². The summed E-state index contributed by atoms with van der Waals surface area (Å²) in [6.07, 6.45) is 3.31. The highest BCUT2D eigenvalue weighted by Crippen LogP contribution is 2.32. The van der Waals surface area contributed by atoms with Crippen LogP contribution in [-0.2, 0) is 14.3 Å². The van der Waals surface area contributed by atoms with Gasteiger partial charge in [-0.05, 0) is 12.1 Å². The Kier molecular flexibility index (Phi) is 5.01. The molecular formula is C19H26N4O4. The number of anilines is 1. The largest absolute Gasteiger partial charge is 0.356 e. The predicted molar refractivity (Wildman–Crippen MR) is 98.5 cm³/mol. The quantitative estimate of drug-likeness (QED) is 0.760. The second-order valence-electron chi connectivity index (χ2n) is 7.30. The van der Waals surface area contributed by atoms with E-state index in [9.17, 15) is 9.59 Å². The Hall–Kier alpha value is -2.19. The fourth-order valence-corrected chi connectivity index (χ4v) is 3.99. The Morgan fingerprint density at radius 2 is 1.63 bits per heavy atom. The first-order chi connectivity index (χ1) is 13.1. The molecule has 3 saturated heterocycles. The number of hydrogen-bond acceptors (Lipinski definition) is 6. The summed E-state index contributed by atoms with van der Waals surface area (Å²) < 4.78 is 11.5. The van der Waals surface area contributed by atoms with Crippen molar-refractivity contribution >= 4 is 17.6 Å². The van der Waals surface area contributed by atoms with E-state index in [-0.39, 0.29) is 11.8 Å². The van der Waals surface area contributed by atoms with Crippen LogP contribution in [0.2, 0.25) is 0 Å². The van der Waals surface area contributed by atoms with Gasteiger partial charge in [0.25, 0.3) is 5.91 Å². The van der Waals surface area contributed by atoms with Crippen LogP contribution >= 0.6 is 0 Å². The highest BCUT2D eigenvalue weighted by Gasteiger charge is 2.40. The molecule has 4 rings (SSSR count). The predicted octanol–water partition coefficient (Wildman–Crippen LogP) is 0.729. The molecule has 1 spiro atoms. The first kappa shape index (κ1) is 18.2. The second-order valence-corrected chi connectivity index (χ2v) is 7.30. The van der Waals surface area contributed by atoms with E-state index in [1.807, 2.05) is 11.0 Å². The molecule has 0 aromatic carbocycles. The van der Waals surface area contributed by atoms with E-state index >= 15 is 0 Å². The molecule has 8 nitrogen and oxygen atoms in total. The SMILES string of the molecule is CC(=O)N1CCN(C(=O)c2ccnc(N3CCC4(CC3)OCCO4)c2)CC1. The van der Waals surface area contributed by atoms with Gasteiger partial charge in [-0.3, -0.25) is 9.59 Å². The summed E-state index contributed by atoms with van der Waals surface area (Å²) in [7, 11) is 0. The number of hydrogen-bond donors (Lipinski definition) is 0. The molecule has 0 N–H and O–H groups in total.